The molecule has 0 saturated carbocycles. The first kappa shape index (κ1) is 38.8. The molecule has 6 aromatic carbocycles. The van der Waals surface area contributed by atoms with Crippen molar-refractivity contribution in [1.29, 1.82) is 0 Å². The van der Waals surface area contributed by atoms with Gasteiger partial charge in [0.25, 0.3) is 0 Å². The zero-order valence-corrected chi connectivity index (χ0v) is 33.9. The first-order valence-corrected chi connectivity index (χ1v) is 20.0. The predicted octanol–water partition coefficient (Wildman–Crippen LogP) is 13.1. The fourth-order valence-corrected chi connectivity index (χ4v) is 7.00. The number of nitrogens with zero attached hydrogens (tertiary/aromatic N) is 2. The van der Waals surface area contributed by atoms with E-state index in [-0.39, 0.29) is 18.3 Å². The quantitative estimate of drug-likeness (QED) is 0.151. The zero-order valence-electron chi connectivity index (χ0n) is 33.1. The summed E-state index contributed by atoms with van der Waals surface area (Å²) in [6.07, 6.45) is 0. The van der Waals surface area contributed by atoms with Gasteiger partial charge in [0.1, 0.15) is 0 Å². The molecule has 2 aromatic heterocycles. The van der Waals surface area contributed by atoms with Crippen LogP contribution in [0.3, 0.4) is 0 Å². The number of pyridine rings is 2. The topological polar surface area (TPSA) is 44.2 Å². The van der Waals surface area contributed by atoms with Crippen LogP contribution in [0.5, 0.6) is 0 Å². The molecule has 0 spiro atoms. The van der Waals surface area contributed by atoms with Crippen LogP contribution >= 0.6 is 11.6 Å². The summed E-state index contributed by atoms with van der Waals surface area (Å²) in [4.78, 5) is 9.86. The van der Waals surface area contributed by atoms with E-state index in [4.69, 9.17) is 30.9 Å². The Kier molecular flexibility index (Phi) is 11.2. The fourth-order valence-electron chi connectivity index (χ4n) is 6.88. The molecule has 1 aliphatic heterocycles. The van der Waals surface area contributed by atoms with E-state index in [0.29, 0.717) is 0 Å². The Hall–Kier alpha value is -6.11. The van der Waals surface area contributed by atoms with Gasteiger partial charge in [-0.25, -0.2) is 9.97 Å². The number of benzene rings is 6. The van der Waals surface area contributed by atoms with Crippen LogP contribution in [0, 0.1) is 0 Å². The highest BCUT2D eigenvalue weighted by Crippen LogP contribution is 2.37. The van der Waals surface area contributed by atoms with Crippen molar-refractivity contribution in [2.24, 2.45) is 0 Å². The molecule has 0 radical (unpaired) electrons. The summed E-state index contributed by atoms with van der Waals surface area (Å²) in [5.74, 6) is 0. The monoisotopic (exact) mass is 774 g/mol. The minimum absolute atomic E-state index is 0.351. The maximum Gasteiger partial charge on any atom is 0.494 e. The van der Waals surface area contributed by atoms with E-state index >= 15 is 0 Å². The van der Waals surface area contributed by atoms with Crippen LogP contribution in [0.4, 0.5) is 0 Å². The summed E-state index contributed by atoms with van der Waals surface area (Å²) in [5, 5.41) is 0.740. The van der Waals surface area contributed by atoms with Crippen molar-refractivity contribution in [3.63, 3.8) is 0 Å². The minimum Gasteiger partial charge on any atom is -0.399 e. The minimum atomic E-state index is -0.360. The van der Waals surface area contributed by atoms with E-state index in [1.165, 1.54) is 0 Å². The molecule has 0 bridgehead atoms. The second-order valence-corrected chi connectivity index (χ2v) is 15.9. The van der Waals surface area contributed by atoms with E-state index in [2.05, 4.69) is 125 Å². The second-order valence-electron chi connectivity index (χ2n) is 15.4. The van der Waals surface area contributed by atoms with Crippen molar-refractivity contribution in [3.05, 3.63) is 199 Å². The largest absolute Gasteiger partial charge is 0.494 e. The summed E-state index contributed by atoms with van der Waals surface area (Å²) in [6, 6.07) is 66.1. The molecule has 8 aromatic rings. The van der Waals surface area contributed by atoms with Gasteiger partial charge in [0, 0.05) is 27.3 Å². The van der Waals surface area contributed by atoms with E-state index in [1.807, 2.05) is 97.1 Å². The fraction of sp³-hybridized carbons (Fsp3) is 0.115. The van der Waals surface area contributed by atoms with Gasteiger partial charge in [0.15, 0.2) is 0 Å². The molecule has 6 heteroatoms. The summed E-state index contributed by atoms with van der Waals surface area (Å²) < 4.78 is 12.4. The highest BCUT2D eigenvalue weighted by Gasteiger charge is 2.51. The lowest BCUT2D eigenvalue weighted by Gasteiger charge is -2.32. The van der Waals surface area contributed by atoms with Gasteiger partial charge in [-0.3, -0.25) is 0 Å². The van der Waals surface area contributed by atoms with Gasteiger partial charge in [0.05, 0.1) is 34.0 Å². The van der Waals surface area contributed by atoms with Crippen molar-refractivity contribution in [2.75, 3.05) is 0 Å². The molecule has 1 fully saturated rings. The van der Waals surface area contributed by atoms with Crippen LogP contribution in [0.25, 0.3) is 67.3 Å². The number of hydrogen-bond acceptors (Lipinski definition) is 4. The van der Waals surface area contributed by atoms with Crippen LogP contribution in [-0.4, -0.2) is 28.3 Å². The van der Waals surface area contributed by atoms with Crippen molar-refractivity contribution < 1.29 is 9.31 Å². The molecule has 4 nitrogen and oxygen atoms in total. The van der Waals surface area contributed by atoms with E-state index in [0.717, 1.165) is 77.8 Å². The average Bonchev–Trinajstić information content (AvgIpc) is 3.50. The molecule has 0 unspecified atom stereocenters. The molecule has 1 aliphatic rings. The Morgan fingerprint density at radius 3 is 0.966 bits per heavy atom. The van der Waals surface area contributed by atoms with Crippen LogP contribution in [0.2, 0.25) is 5.02 Å². The van der Waals surface area contributed by atoms with Gasteiger partial charge in [0.2, 0.25) is 0 Å². The summed E-state index contributed by atoms with van der Waals surface area (Å²) >= 11 is 6.04. The van der Waals surface area contributed by atoms with Crippen molar-refractivity contribution in [3.8, 4) is 67.3 Å². The predicted molar refractivity (Wildman–Crippen MR) is 242 cm³/mol. The Bertz CT molecular complexity index is 2470. The summed E-state index contributed by atoms with van der Waals surface area (Å²) in [5.41, 5.74) is 13.1. The molecule has 284 valence electrons. The van der Waals surface area contributed by atoms with Crippen LogP contribution < -0.4 is 5.46 Å². The number of hydrogen-bond donors (Lipinski definition) is 0. The van der Waals surface area contributed by atoms with E-state index in [9.17, 15) is 0 Å². The first-order chi connectivity index (χ1) is 28.1. The van der Waals surface area contributed by atoms with Gasteiger partial charge in [-0.05, 0) is 91.8 Å². The van der Waals surface area contributed by atoms with E-state index in [1.54, 1.807) is 0 Å². The third-order valence-electron chi connectivity index (χ3n) is 10.9. The first-order valence-electron chi connectivity index (χ1n) is 19.6. The molecule has 58 heavy (non-hydrogen) atoms. The molecule has 0 atom stereocenters. The van der Waals surface area contributed by atoms with Crippen molar-refractivity contribution in [2.45, 2.75) is 38.9 Å². The Morgan fingerprint density at radius 1 is 0.362 bits per heavy atom. The standard InChI is InChI=1S/C29H28BNO2.C23H16ClN/c1-28(2)29(3,4)33-30(32-28)25-17-15-21(16-18-25)24-19-26(22-11-7-5-8-12-22)31-27(20-24)23-13-9-6-10-14-23;24-21-13-11-17(12-14-21)20-15-22(18-7-3-1-4-8-18)25-23(16-20)19-9-5-2-6-10-19/h5-20H,1-4H3;1-16H. The smallest absolute Gasteiger partial charge is 0.399 e. The van der Waals surface area contributed by atoms with Gasteiger partial charge >= 0.3 is 7.12 Å². The third kappa shape index (κ3) is 8.73. The number of halogens is 1. The SMILES string of the molecule is CC1(C)OB(c2ccc(-c3cc(-c4ccccc4)nc(-c4ccccc4)c3)cc2)OC1(C)C.Clc1ccc(-c2cc(-c3ccccc3)nc(-c3ccccc3)c2)cc1. The molecule has 0 N–H and O–H groups in total. The normalized spacial score (nSPS) is 14.1. The highest BCUT2D eigenvalue weighted by molar-refractivity contribution is 6.62. The van der Waals surface area contributed by atoms with Crippen molar-refractivity contribution in [1.82, 2.24) is 9.97 Å². The van der Waals surface area contributed by atoms with Gasteiger partial charge in [-0.15, -0.1) is 0 Å². The summed E-state index contributed by atoms with van der Waals surface area (Å²) in [6.45, 7) is 8.31. The van der Waals surface area contributed by atoms with Crippen LogP contribution in [-0.2, 0) is 9.31 Å². The van der Waals surface area contributed by atoms with E-state index < -0.39 is 0 Å². The van der Waals surface area contributed by atoms with Crippen molar-refractivity contribution >= 4 is 24.2 Å². The number of aromatic nitrogens is 2. The third-order valence-corrected chi connectivity index (χ3v) is 11.1. The lowest BCUT2D eigenvalue weighted by atomic mass is 9.78. The van der Waals surface area contributed by atoms with Gasteiger partial charge in [-0.1, -0.05) is 169 Å². The zero-order chi connectivity index (χ0) is 40.1. The molecular formula is C52H44BClN2O2. The average molecular weight is 775 g/mol. The second kappa shape index (κ2) is 16.8. The lowest BCUT2D eigenvalue weighted by molar-refractivity contribution is 0.00578. The highest BCUT2D eigenvalue weighted by atomic mass is 35.5. The molecular weight excluding hydrogens is 731 g/mol. The Morgan fingerprint density at radius 2 is 0.655 bits per heavy atom. The molecule has 0 amide bonds. The lowest BCUT2D eigenvalue weighted by Crippen LogP contribution is -2.41. The molecule has 1 saturated heterocycles. The molecule has 0 aliphatic carbocycles. The molecule has 9 rings (SSSR count). The maximum atomic E-state index is 6.22. The Labute approximate surface area is 347 Å². The van der Waals surface area contributed by atoms with Gasteiger partial charge in [-0.2, -0.15) is 0 Å². The Balaban J connectivity index is 0.000000168. The van der Waals surface area contributed by atoms with Gasteiger partial charge < -0.3 is 9.31 Å². The maximum absolute atomic E-state index is 6.22. The molecule has 3 heterocycles. The van der Waals surface area contributed by atoms with Crippen LogP contribution in [0.1, 0.15) is 27.7 Å². The van der Waals surface area contributed by atoms with Crippen LogP contribution in [0.15, 0.2) is 194 Å². The summed E-state index contributed by atoms with van der Waals surface area (Å²) in [7, 11) is -0.360. The number of rotatable bonds is 7.